The van der Waals surface area contributed by atoms with Gasteiger partial charge in [-0.05, 0) is 44.0 Å². The van der Waals surface area contributed by atoms with Gasteiger partial charge in [0.05, 0.1) is 10.1 Å². The molecule has 128 valence electrons. The predicted octanol–water partition coefficient (Wildman–Crippen LogP) is 3.08. The highest BCUT2D eigenvalue weighted by molar-refractivity contribution is 7.92. The van der Waals surface area contributed by atoms with Crippen LogP contribution in [0.15, 0.2) is 35.2 Å². The summed E-state index contributed by atoms with van der Waals surface area (Å²) in [4.78, 5) is 12.2. The molecule has 1 aromatic carbocycles. The van der Waals surface area contributed by atoms with Crippen molar-refractivity contribution >= 4 is 27.4 Å². The fraction of sp³-hybridized carbons (Fsp3) is 0.375. The Morgan fingerprint density at radius 3 is 2.42 bits per heavy atom. The van der Waals surface area contributed by atoms with E-state index in [1.54, 1.807) is 30.3 Å². The molecule has 1 fully saturated rings. The second-order valence-corrected chi connectivity index (χ2v) is 8.22. The topological polar surface area (TPSA) is 104 Å². The fourth-order valence-corrected chi connectivity index (χ4v) is 4.73. The number of benzene rings is 1. The highest BCUT2D eigenvalue weighted by Gasteiger charge is 2.30. The van der Waals surface area contributed by atoms with Gasteiger partial charge in [0.1, 0.15) is 0 Å². The molecule has 0 saturated heterocycles. The Labute approximate surface area is 140 Å². The van der Waals surface area contributed by atoms with Gasteiger partial charge in [-0.25, -0.2) is 13.2 Å². The van der Waals surface area contributed by atoms with Crippen LogP contribution in [-0.4, -0.2) is 29.9 Å². The van der Waals surface area contributed by atoms with Crippen molar-refractivity contribution in [3.63, 3.8) is 0 Å². The Hall–Kier alpha value is -2.35. The Kier molecular flexibility index (Phi) is 4.57. The SMILES string of the molecule is Cc1cc(NC(=O)Nc2ccc(S(=O)(=O)C3CCCC3)cc2)n[nH]1. The van der Waals surface area contributed by atoms with Gasteiger partial charge in [-0.1, -0.05) is 12.8 Å². The Morgan fingerprint density at radius 1 is 1.17 bits per heavy atom. The highest BCUT2D eigenvalue weighted by Crippen LogP contribution is 2.30. The zero-order valence-corrected chi connectivity index (χ0v) is 14.2. The van der Waals surface area contributed by atoms with E-state index >= 15 is 0 Å². The second-order valence-electron chi connectivity index (χ2n) is 5.99. The van der Waals surface area contributed by atoms with Crippen molar-refractivity contribution in [1.82, 2.24) is 10.2 Å². The standard InChI is InChI=1S/C16H20N4O3S/c1-11-10-15(20-19-11)18-16(21)17-12-6-8-14(9-7-12)24(22,23)13-4-2-3-5-13/h6-10,13H,2-5H2,1H3,(H3,17,18,19,20,21). The molecule has 8 heteroatoms. The van der Waals surface area contributed by atoms with E-state index in [9.17, 15) is 13.2 Å². The van der Waals surface area contributed by atoms with Gasteiger partial charge in [0.2, 0.25) is 0 Å². The van der Waals surface area contributed by atoms with Crippen molar-refractivity contribution in [3.8, 4) is 0 Å². The third kappa shape index (κ3) is 3.59. The summed E-state index contributed by atoms with van der Waals surface area (Å²) < 4.78 is 25.0. The number of hydrogen-bond acceptors (Lipinski definition) is 4. The summed E-state index contributed by atoms with van der Waals surface area (Å²) in [5, 5.41) is 11.6. The summed E-state index contributed by atoms with van der Waals surface area (Å²) in [5.74, 6) is 0.422. The summed E-state index contributed by atoms with van der Waals surface area (Å²) in [6.45, 7) is 1.83. The number of carbonyl (C=O) groups excluding carboxylic acids is 1. The number of amides is 2. The number of nitrogens with zero attached hydrogens (tertiary/aromatic N) is 1. The number of carbonyl (C=O) groups is 1. The Morgan fingerprint density at radius 2 is 1.83 bits per heavy atom. The van der Waals surface area contributed by atoms with Crippen LogP contribution in [0.25, 0.3) is 0 Å². The average Bonchev–Trinajstić information content (AvgIpc) is 3.20. The van der Waals surface area contributed by atoms with Gasteiger partial charge in [0, 0.05) is 17.4 Å². The molecule has 1 saturated carbocycles. The Bertz CT molecular complexity index is 821. The zero-order valence-electron chi connectivity index (χ0n) is 13.4. The van der Waals surface area contributed by atoms with Crippen molar-refractivity contribution in [2.45, 2.75) is 42.8 Å². The lowest BCUT2D eigenvalue weighted by molar-refractivity contribution is 0.262. The summed E-state index contributed by atoms with van der Waals surface area (Å²) in [5.41, 5.74) is 1.36. The first-order valence-corrected chi connectivity index (χ1v) is 9.44. The molecule has 3 rings (SSSR count). The molecule has 7 nitrogen and oxygen atoms in total. The molecular weight excluding hydrogens is 328 g/mol. The lowest BCUT2D eigenvalue weighted by Crippen LogP contribution is -2.20. The molecule has 0 unspecified atom stereocenters. The molecule has 1 aromatic heterocycles. The van der Waals surface area contributed by atoms with Crippen LogP contribution in [-0.2, 0) is 9.84 Å². The van der Waals surface area contributed by atoms with E-state index in [1.165, 1.54) is 0 Å². The van der Waals surface area contributed by atoms with Gasteiger partial charge in [-0.15, -0.1) is 0 Å². The van der Waals surface area contributed by atoms with Crippen molar-refractivity contribution < 1.29 is 13.2 Å². The van der Waals surface area contributed by atoms with E-state index in [1.807, 2.05) is 6.92 Å². The Balaban J connectivity index is 1.65. The maximum absolute atomic E-state index is 12.5. The molecule has 0 spiro atoms. The number of H-pyrrole nitrogens is 1. The summed E-state index contributed by atoms with van der Waals surface area (Å²) in [6, 6.07) is 7.54. The number of anilines is 2. The minimum atomic E-state index is -3.27. The molecule has 3 N–H and O–H groups in total. The minimum absolute atomic E-state index is 0.275. The maximum Gasteiger partial charge on any atom is 0.324 e. The maximum atomic E-state index is 12.5. The molecule has 0 radical (unpaired) electrons. The monoisotopic (exact) mass is 348 g/mol. The normalized spacial score (nSPS) is 15.4. The van der Waals surface area contributed by atoms with Crippen LogP contribution in [0, 0.1) is 6.92 Å². The molecule has 1 aliphatic rings. The third-order valence-corrected chi connectivity index (χ3v) is 6.41. The lowest BCUT2D eigenvalue weighted by Gasteiger charge is -2.12. The van der Waals surface area contributed by atoms with Crippen LogP contribution in [0.2, 0.25) is 0 Å². The fourth-order valence-electron chi connectivity index (χ4n) is 2.88. The van der Waals surface area contributed by atoms with Crippen LogP contribution in [0.5, 0.6) is 0 Å². The number of hydrogen-bond donors (Lipinski definition) is 3. The zero-order chi connectivity index (χ0) is 17.2. The van der Waals surface area contributed by atoms with E-state index in [-0.39, 0.29) is 5.25 Å². The third-order valence-electron chi connectivity index (χ3n) is 4.13. The van der Waals surface area contributed by atoms with E-state index in [0.29, 0.717) is 16.4 Å². The molecular formula is C16H20N4O3S. The number of urea groups is 1. The summed E-state index contributed by atoms with van der Waals surface area (Å²) >= 11 is 0. The first-order valence-electron chi connectivity index (χ1n) is 7.89. The number of aromatic amines is 1. The quantitative estimate of drug-likeness (QED) is 0.790. The van der Waals surface area contributed by atoms with Crippen molar-refractivity contribution in [2.24, 2.45) is 0 Å². The number of nitrogens with one attached hydrogen (secondary N) is 3. The summed E-state index contributed by atoms with van der Waals surface area (Å²) in [6.07, 6.45) is 3.40. The van der Waals surface area contributed by atoms with Gasteiger partial charge >= 0.3 is 6.03 Å². The first kappa shape index (κ1) is 16.5. The largest absolute Gasteiger partial charge is 0.324 e. The van der Waals surface area contributed by atoms with Crippen LogP contribution >= 0.6 is 0 Å². The number of sulfone groups is 1. The van der Waals surface area contributed by atoms with Gasteiger partial charge in [-0.2, -0.15) is 5.10 Å². The molecule has 0 atom stereocenters. The van der Waals surface area contributed by atoms with E-state index in [0.717, 1.165) is 31.4 Å². The van der Waals surface area contributed by atoms with Gasteiger partial charge in [-0.3, -0.25) is 10.4 Å². The molecule has 0 bridgehead atoms. The predicted molar refractivity (Wildman–Crippen MR) is 91.8 cm³/mol. The number of aromatic nitrogens is 2. The van der Waals surface area contributed by atoms with Crippen LogP contribution in [0.3, 0.4) is 0 Å². The van der Waals surface area contributed by atoms with E-state index in [4.69, 9.17) is 0 Å². The molecule has 1 heterocycles. The van der Waals surface area contributed by atoms with Crippen molar-refractivity contribution in [3.05, 3.63) is 36.0 Å². The lowest BCUT2D eigenvalue weighted by atomic mass is 10.3. The van der Waals surface area contributed by atoms with E-state index in [2.05, 4.69) is 20.8 Å². The molecule has 0 aliphatic heterocycles. The van der Waals surface area contributed by atoms with Crippen LogP contribution in [0.1, 0.15) is 31.4 Å². The minimum Gasteiger partial charge on any atom is -0.308 e. The first-order chi connectivity index (χ1) is 11.4. The van der Waals surface area contributed by atoms with Crippen LogP contribution in [0.4, 0.5) is 16.3 Å². The van der Waals surface area contributed by atoms with Gasteiger partial charge in [0.15, 0.2) is 15.7 Å². The number of aryl methyl sites for hydroxylation is 1. The summed E-state index contributed by atoms with van der Waals surface area (Å²) in [7, 11) is -3.27. The molecule has 2 aromatic rings. The van der Waals surface area contributed by atoms with Crippen molar-refractivity contribution in [1.29, 1.82) is 0 Å². The van der Waals surface area contributed by atoms with E-state index < -0.39 is 15.9 Å². The second kappa shape index (κ2) is 6.64. The van der Waals surface area contributed by atoms with Gasteiger partial charge < -0.3 is 5.32 Å². The average molecular weight is 348 g/mol. The number of rotatable bonds is 4. The molecule has 2 amide bonds. The highest BCUT2D eigenvalue weighted by atomic mass is 32.2. The molecule has 24 heavy (non-hydrogen) atoms. The smallest absolute Gasteiger partial charge is 0.308 e. The van der Waals surface area contributed by atoms with Gasteiger partial charge in [0.25, 0.3) is 0 Å². The van der Waals surface area contributed by atoms with Crippen LogP contribution < -0.4 is 10.6 Å². The van der Waals surface area contributed by atoms with Crippen molar-refractivity contribution in [2.75, 3.05) is 10.6 Å². The molecule has 1 aliphatic carbocycles.